The third-order valence-electron chi connectivity index (χ3n) is 5.57. The standard InChI is InChI=1S/C26H20.2C2H6/c1-2-5-13-20(12-4-1)26(21-14-6-3-7-15-21)24-18-10-8-16-22(24)23-17-9-11-19-25(23)26;2*1-2/h1,3-19H,2H2;2*1-2H3. The highest BCUT2D eigenvalue weighted by atomic mass is 14.5. The summed E-state index contributed by atoms with van der Waals surface area (Å²) in [6.07, 6.45) is 12.3. The van der Waals surface area contributed by atoms with E-state index in [1.807, 2.05) is 27.7 Å². The van der Waals surface area contributed by atoms with Crippen molar-refractivity contribution in [3.63, 3.8) is 0 Å². The van der Waals surface area contributed by atoms with E-state index >= 15 is 0 Å². The van der Waals surface area contributed by atoms with E-state index < -0.39 is 0 Å². The van der Waals surface area contributed by atoms with E-state index in [0.717, 1.165) is 6.42 Å². The summed E-state index contributed by atoms with van der Waals surface area (Å²) in [6.45, 7) is 8.00. The van der Waals surface area contributed by atoms with E-state index in [2.05, 4.69) is 109 Å². The molecule has 0 saturated carbocycles. The van der Waals surface area contributed by atoms with E-state index in [4.69, 9.17) is 0 Å². The van der Waals surface area contributed by atoms with Crippen molar-refractivity contribution in [3.05, 3.63) is 132 Å². The van der Waals surface area contributed by atoms with Crippen LogP contribution in [0, 0.1) is 0 Å². The maximum absolute atomic E-state index is 2.31. The fourth-order valence-corrected chi connectivity index (χ4v) is 4.54. The second kappa shape index (κ2) is 10.1. The normalized spacial score (nSPS) is 14.7. The molecule has 0 heteroatoms. The molecule has 2 aliphatic carbocycles. The van der Waals surface area contributed by atoms with Crippen molar-refractivity contribution in [2.45, 2.75) is 39.5 Å². The van der Waals surface area contributed by atoms with Crippen molar-refractivity contribution >= 4 is 0 Å². The Morgan fingerprint density at radius 1 is 0.600 bits per heavy atom. The smallest absolute Gasteiger partial charge is 0.0713 e. The molecule has 3 aromatic carbocycles. The summed E-state index contributed by atoms with van der Waals surface area (Å²) < 4.78 is 0. The molecule has 0 saturated heterocycles. The summed E-state index contributed by atoms with van der Waals surface area (Å²) in [5, 5.41) is 0. The topological polar surface area (TPSA) is 0 Å². The van der Waals surface area contributed by atoms with Crippen LogP contribution in [0.3, 0.4) is 0 Å². The number of fused-ring (bicyclic) bond motifs is 3. The number of hydrogen-bond donors (Lipinski definition) is 0. The maximum Gasteiger partial charge on any atom is 0.0713 e. The minimum atomic E-state index is -0.264. The third kappa shape index (κ3) is 3.48. The van der Waals surface area contributed by atoms with Gasteiger partial charge in [0.2, 0.25) is 0 Å². The lowest BCUT2D eigenvalue weighted by molar-refractivity contribution is 0.767. The molecule has 0 fully saturated rings. The molecule has 2 aliphatic rings. The van der Waals surface area contributed by atoms with Crippen molar-refractivity contribution in [1.82, 2.24) is 0 Å². The van der Waals surface area contributed by atoms with Gasteiger partial charge in [-0.05, 0) is 39.8 Å². The molecule has 0 spiro atoms. The highest BCUT2D eigenvalue weighted by Crippen LogP contribution is 2.56. The second-order valence-electron chi connectivity index (χ2n) is 6.90. The zero-order valence-corrected chi connectivity index (χ0v) is 18.6. The molecule has 0 radical (unpaired) electrons. The van der Waals surface area contributed by atoms with Gasteiger partial charge in [-0.2, -0.15) is 0 Å². The lowest BCUT2D eigenvalue weighted by Gasteiger charge is -2.34. The first-order chi connectivity index (χ1) is 14.9. The molecule has 0 heterocycles. The lowest BCUT2D eigenvalue weighted by Crippen LogP contribution is -2.28. The summed E-state index contributed by atoms with van der Waals surface area (Å²) in [4.78, 5) is 0. The molecule has 0 nitrogen and oxygen atoms in total. The van der Waals surface area contributed by atoms with Crippen LogP contribution in [-0.4, -0.2) is 0 Å². The minimum Gasteiger partial charge on any atom is -0.0807 e. The largest absolute Gasteiger partial charge is 0.0807 e. The molecule has 0 amide bonds. The van der Waals surface area contributed by atoms with Gasteiger partial charge in [-0.3, -0.25) is 0 Å². The average Bonchev–Trinajstić information content (AvgIpc) is 2.96. The SMILES string of the molecule is C1=CCC=CC(C2(c3ccccc3)c3ccccc3-c3ccccc32)=C1.CC.CC. The van der Waals surface area contributed by atoms with Gasteiger partial charge in [0.05, 0.1) is 5.41 Å². The lowest BCUT2D eigenvalue weighted by atomic mass is 9.67. The van der Waals surface area contributed by atoms with Crippen LogP contribution in [0.1, 0.15) is 50.8 Å². The molecular formula is C30H32. The molecule has 0 aliphatic heterocycles. The van der Waals surface area contributed by atoms with Gasteiger partial charge >= 0.3 is 0 Å². The van der Waals surface area contributed by atoms with Gasteiger partial charge in [0.15, 0.2) is 0 Å². The Hall–Kier alpha value is -3.12. The van der Waals surface area contributed by atoms with Crippen LogP contribution in [0.2, 0.25) is 0 Å². The fourth-order valence-electron chi connectivity index (χ4n) is 4.54. The zero-order chi connectivity index (χ0) is 21.4. The Bertz CT molecular complexity index is 1000. The molecule has 5 rings (SSSR count). The van der Waals surface area contributed by atoms with Gasteiger partial charge in [0, 0.05) is 0 Å². The molecule has 0 aromatic heterocycles. The minimum absolute atomic E-state index is 0.264. The van der Waals surface area contributed by atoms with Crippen molar-refractivity contribution in [3.8, 4) is 11.1 Å². The van der Waals surface area contributed by atoms with Crippen LogP contribution in [0.25, 0.3) is 11.1 Å². The Labute approximate surface area is 182 Å². The van der Waals surface area contributed by atoms with Crippen LogP contribution in [0.5, 0.6) is 0 Å². The van der Waals surface area contributed by atoms with Gasteiger partial charge in [-0.1, -0.05) is 137 Å². The van der Waals surface area contributed by atoms with Crippen LogP contribution in [0.15, 0.2) is 115 Å². The van der Waals surface area contributed by atoms with Crippen LogP contribution >= 0.6 is 0 Å². The Kier molecular flexibility index (Phi) is 7.25. The first kappa shape index (κ1) is 21.6. The molecular weight excluding hydrogens is 360 g/mol. The van der Waals surface area contributed by atoms with E-state index in [-0.39, 0.29) is 5.41 Å². The average molecular weight is 393 g/mol. The molecule has 0 unspecified atom stereocenters. The number of rotatable bonds is 2. The van der Waals surface area contributed by atoms with Crippen LogP contribution in [0.4, 0.5) is 0 Å². The van der Waals surface area contributed by atoms with Crippen LogP contribution in [-0.2, 0) is 5.41 Å². The van der Waals surface area contributed by atoms with Gasteiger partial charge in [0.25, 0.3) is 0 Å². The first-order valence-electron chi connectivity index (χ1n) is 11.2. The predicted molar refractivity (Wildman–Crippen MR) is 132 cm³/mol. The van der Waals surface area contributed by atoms with Gasteiger partial charge in [-0.25, -0.2) is 0 Å². The highest BCUT2D eigenvalue weighted by Gasteiger charge is 2.46. The summed E-state index contributed by atoms with van der Waals surface area (Å²) >= 11 is 0. The maximum atomic E-state index is 2.31. The predicted octanol–water partition coefficient (Wildman–Crippen LogP) is 8.50. The fraction of sp³-hybridized carbons (Fsp3) is 0.200. The number of hydrogen-bond acceptors (Lipinski definition) is 0. The van der Waals surface area contributed by atoms with E-state index in [1.165, 1.54) is 33.4 Å². The molecule has 30 heavy (non-hydrogen) atoms. The van der Waals surface area contributed by atoms with E-state index in [0.29, 0.717) is 0 Å². The van der Waals surface area contributed by atoms with Gasteiger partial charge < -0.3 is 0 Å². The monoisotopic (exact) mass is 392 g/mol. The summed E-state index contributed by atoms with van der Waals surface area (Å²) in [5.41, 5.74) is 7.82. The number of benzene rings is 3. The summed E-state index contributed by atoms with van der Waals surface area (Å²) in [7, 11) is 0. The summed E-state index contributed by atoms with van der Waals surface area (Å²) in [6, 6.07) is 28.7. The van der Waals surface area contributed by atoms with Crippen molar-refractivity contribution in [1.29, 1.82) is 0 Å². The Morgan fingerprint density at radius 2 is 1.13 bits per heavy atom. The Balaban J connectivity index is 0.000000606. The molecule has 0 bridgehead atoms. The Morgan fingerprint density at radius 3 is 1.73 bits per heavy atom. The van der Waals surface area contributed by atoms with Crippen molar-refractivity contribution < 1.29 is 0 Å². The third-order valence-corrected chi connectivity index (χ3v) is 5.57. The zero-order valence-electron chi connectivity index (χ0n) is 18.6. The molecule has 0 N–H and O–H groups in total. The molecule has 0 atom stereocenters. The highest BCUT2D eigenvalue weighted by molar-refractivity contribution is 5.86. The van der Waals surface area contributed by atoms with Gasteiger partial charge in [0.1, 0.15) is 0 Å². The summed E-state index contributed by atoms with van der Waals surface area (Å²) in [5.74, 6) is 0. The van der Waals surface area contributed by atoms with Crippen molar-refractivity contribution in [2.24, 2.45) is 0 Å². The van der Waals surface area contributed by atoms with Gasteiger partial charge in [-0.15, -0.1) is 0 Å². The molecule has 3 aromatic rings. The van der Waals surface area contributed by atoms with E-state index in [9.17, 15) is 0 Å². The first-order valence-corrected chi connectivity index (χ1v) is 11.2. The molecule has 152 valence electrons. The van der Waals surface area contributed by atoms with Crippen LogP contribution < -0.4 is 0 Å². The number of allylic oxidation sites excluding steroid dienone is 6. The van der Waals surface area contributed by atoms with E-state index in [1.54, 1.807) is 0 Å². The second-order valence-corrected chi connectivity index (χ2v) is 6.90. The quantitative estimate of drug-likeness (QED) is 0.410. The van der Waals surface area contributed by atoms with Crippen molar-refractivity contribution in [2.75, 3.05) is 0 Å².